The van der Waals surface area contributed by atoms with Gasteiger partial charge in [0.15, 0.2) is 0 Å². The maximum atomic E-state index is 11.4. The number of methoxy groups -OCH3 is 1. The van der Waals surface area contributed by atoms with Crippen LogP contribution in [-0.2, 0) is 16.1 Å². The lowest BCUT2D eigenvalue weighted by molar-refractivity contribution is -0.140. The number of carbonyl (C=O) groups excluding carboxylic acids is 1. The second-order valence-electron chi connectivity index (χ2n) is 6.36. The van der Waals surface area contributed by atoms with E-state index in [1.807, 2.05) is 0 Å². The van der Waals surface area contributed by atoms with Crippen LogP contribution in [0.3, 0.4) is 0 Å². The third-order valence-corrected chi connectivity index (χ3v) is 4.49. The summed E-state index contributed by atoms with van der Waals surface area (Å²) in [6.07, 6.45) is 4.58. The summed E-state index contributed by atoms with van der Waals surface area (Å²) in [7, 11) is 1.46. The van der Waals surface area contributed by atoms with Crippen molar-refractivity contribution in [3.05, 3.63) is 66.2 Å². The van der Waals surface area contributed by atoms with Crippen molar-refractivity contribution in [3.8, 4) is 0 Å². The maximum Gasteiger partial charge on any atom is 0.305 e. The molecule has 1 atom stereocenters. The highest BCUT2D eigenvalue weighted by molar-refractivity contribution is 5.69. The fourth-order valence-electron chi connectivity index (χ4n) is 3.20. The average Bonchev–Trinajstić information content (AvgIpc) is 2.67. The quantitative estimate of drug-likeness (QED) is 0.557. The lowest BCUT2D eigenvalue weighted by Crippen LogP contribution is -2.35. The lowest BCUT2D eigenvalue weighted by Gasteiger charge is -2.34. The lowest BCUT2D eigenvalue weighted by atomic mass is 10.0. The predicted octanol–water partition coefficient (Wildman–Crippen LogP) is 5.21. The molecule has 0 saturated heterocycles. The number of anilines is 1. The van der Waals surface area contributed by atoms with Crippen molar-refractivity contribution >= 4 is 11.7 Å². The molecule has 0 aliphatic heterocycles. The number of ether oxygens (including phenoxy) is 1. The molecule has 3 heteroatoms. The van der Waals surface area contributed by atoms with Crippen molar-refractivity contribution in [2.24, 2.45) is 0 Å². The van der Waals surface area contributed by atoms with Crippen molar-refractivity contribution in [1.82, 2.24) is 0 Å². The van der Waals surface area contributed by atoms with Crippen LogP contribution in [0.5, 0.6) is 0 Å². The molecule has 0 heterocycles. The standard InChI is InChI=1S/C22H29NO2/c1-3-11-20(16-10-17-22(24)25-2)23(21-14-8-5-9-15-21)18-19-12-6-4-7-13-19/h4-9,12-15,20H,3,10-11,16-18H2,1-2H3. The third kappa shape index (κ3) is 6.26. The molecule has 0 aliphatic rings. The Balaban J connectivity index is 2.16. The van der Waals surface area contributed by atoms with Crippen molar-refractivity contribution in [3.63, 3.8) is 0 Å². The highest BCUT2D eigenvalue weighted by Crippen LogP contribution is 2.25. The van der Waals surface area contributed by atoms with Gasteiger partial charge in [0.1, 0.15) is 0 Å². The molecule has 0 bridgehead atoms. The van der Waals surface area contributed by atoms with Crippen LogP contribution in [0.4, 0.5) is 5.69 Å². The molecule has 2 aromatic rings. The van der Waals surface area contributed by atoms with Crippen LogP contribution >= 0.6 is 0 Å². The van der Waals surface area contributed by atoms with E-state index >= 15 is 0 Å². The van der Waals surface area contributed by atoms with E-state index in [1.165, 1.54) is 18.4 Å². The molecule has 0 fully saturated rings. The van der Waals surface area contributed by atoms with Gasteiger partial charge in [0, 0.05) is 24.7 Å². The molecule has 0 aliphatic carbocycles. The summed E-state index contributed by atoms with van der Waals surface area (Å²) < 4.78 is 4.78. The van der Waals surface area contributed by atoms with Gasteiger partial charge in [-0.25, -0.2) is 0 Å². The van der Waals surface area contributed by atoms with Gasteiger partial charge < -0.3 is 9.64 Å². The summed E-state index contributed by atoms with van der Waals surface area (Å²) in [5.74, 6) is -0.121. The molecule has 1 unspecified atom stereocenters. The van der Waals surface area contributed by atoms with Crippen molar-refractivity contribution in [2.75, 3.05) is 12.0 Å². The van der Waals surface area contributed by atoms with Gasteiger partial charge in [-0.1, -0.05) is 61.9 Å². The molecule has 2 rings (SSSR count). The second kappa shape index (κ2) is 10.5. The molecule has 0 saturated carbocycles. The number of rotatable bonds is 10. The summed E-state index contributed by atoms with van der Waals surface area (Å²) in [5, 5.41) is 0. The number of hydrogen-bond acceptors (Lipinski definition) is 3. The molecule has 0 radical (unpaired) electrons. The van der Waals surface area contributed by atoms with E-state index in [9.17, 15) is 4.79 Å². The molecule has 0 aromatic heterocycles. The molecule has 0 amide bonds. The average molecular weight is 339 g/mol. The Kier molecular flexibility index (Phi) is 8.03. The van der Waals surface area contributed by atoms with Crippen LogP contribution in [0.2, 0.25) is 0 Å². The number of carbonyl (C=O) groups is 1. The second-order valence-corrected chi connectivity index (χ2v) is 6.36. The van der Waals surface area contributed by atoms with Crippen LogP contribution in [0, 0.1) is 0 Å². The van der Waals surface area contributed by atoms with E-state index in [1.54, 1.807) is 0 Å². The number of esters is 1. The van der Waals surface area contributed by atoms with Gasteiger partial charge in [-0.15, -0.1) is 0 Å². The molecule has 0 spiro atoms. The van der Waals surface area contributed by atoms with Crippen LogP contribution in [0.1, 0.15) is 44.6 Å². The first kappa shape index (κ1) is 19.0. The third-order valence-electron chi connectivity index (χ3n) is 4.49. The van der Waals surface area contributed by atoms with Gasteiger partial charge in [0.25, 0.3) is 0 Å². The Morgan fingerprint density at radius 2 is 1.64 bits per heavy atom. The SMILES string of the molecule is CCCC(CCCC(=O)OC)N(Cc1ccccc1)c1ccccc1. The van der Waals surface area contributed by atoms with Gasteiger partial charge in [-0.05, 0) is 37.0 Å². The number of benzene rings is 2. The van der Waals surface area contributed by atoms with E-state index in [0.717, 1.165) is 32.2 Å². The molecular formula is C22H29NO2. The first-order valence-corrected chi connectivity index (χ1v) is 9.17. The minimum Gasteiger partial charge on any atom is -0.469 e. The fraction of sp³-hybridized carbons (Fsp3) is 0.409. The summed E-state index contributed by atoms with van der Waals surface area (Å²) in [6.45, 7) is 3.10. The molecule has 25 heavy (non-hydrogen) atoms. The van der Waals surface area contributed by atoms with Crippen molar-refractivity contribution < 1.29 is 9.53 Å². The van der Waals surface area contributed by atoms with Crippen molar-refractivity contribution in [2.45, 2.75) is 51.6 Å². The highest BCUT2D eigenvalue weighted by atomic mass is 16.5. The first-order chi connectivity index (χ1) is 12.2. The Labute approximate surface area is 151 Å². The van der Waals surface area contributed by atoms with Crippen LogP contribution in [-0.4, -0.2) is 19.1 Å². The Morgan fingerprint density at radius 3 is 2.24 bits per heavy atom. The summed E-state index contributed by atoms with van der Waals surface area (Å²) >= 11 is 0. The van der Waals surface area contributed by atoms with E-state index in [-0.39, 0.29) is 5.97 Å². The Hall–Kier alpha value is -2.29. The molecule has 0 N–H and O–H groups in total. The van der Waals surface area contributed by atoms with Gasteiger partial charge in [0.05, 0.1) is 7.11 Å². The van der Waals surface area contributed by atoms with E-state index in [0.29, 0.717) is 12.5 Å². The number of nitrogens with zero attached hydrogens (tertiary/aromatic N) is 1. The van der Waals surface area contributed by atoms with Crippen LogP contribution in [0.25, 0.3) is 0 Å². The molecule has 2 aromatic carbocycles. The van der Waals surface area contributed by atoms with Crippen LogP contribution < -0.4 is 4.90 Å². The minimum atomic E-state index is -0.121. The fourth-order valence-corrected chi connectivity index (χ4v) is 3.20. The summed E-state index contributed by atoms with van der Waals surface area (Å²) in [4.78, 5) is 13.9. The Morgan fingerprint density at radius 1 is 1.00 bits per heavy atom. The molecule has 134 valence electrons. The molecular weight excluding hydrogens is 310 g/mol. The minimum absolute atomic E-state index is 0.121. The summed E-state index contributed by atoms with van der Waals surface area (Å²) in [6, 6.07) is 21.6. The van der Waals surface area contributed by atoms with Gasteiger partial charge in [-0.2, -0.15) is 0 Å². The zero-order valence-electron chi connectivity index (χ0n) is 15.4. The zero-order chi connectivity index (χ0) is 17.9. The first-order valence-electron chi connectivity index (χ1n) is 9.17. The van der Waals surface area contributed by atoms with Gasteiger partial charge in [0.2, 0.25) is 0 Å². The smallest absolute Gasteiger partial charge is 0.305 e. The normalized spacial score (nSPS) is 11.8. The van der Waals surface area contributed by atoms with E-state index < -0.39 is 0 Å². The molecule has 3 nitrogen and oxygen atoms in total. The Bertz CT molecular complexity index is 612. The highest BCUT2D eigenvalue weighted by Gasteiger charge is 2.19. The topological polar surface area (TPSA) is 29.5 Å². The largest absolute Gasteiger partial charge is 0.469 e. The van der Waals surface area contributed by atoms with E-state index in [2.05, 4.69) is 72.5 Å². The van der Waals surface area contributed by atoms with Crippen molar-refractivity contribution in [1.29, 1.82) is 0 Å². The van der Waals surface area contributed by atoms with E-state index in [4.69, 9.17) is 4.74 Å². The van der Waals surface area contributed by atoms with Gasteiger partial charge in [-0.3, -0.25) is 4.79 Å². The number of para-hydroxylation sites is 1. The maximum absolute atomic E-state index is 11.4. The zero-order valence-corrected chi connectivity index (χ0v) is 15.4. The van der Waals surface area contributed by atoms with Crippen LogP contribution in [0.15, 0.2) is 60.7 Å². The monoisotopic (exact) mass is 339 g/mol. The predicted molar refractivity (Wildman–Crippen MR) is 104 cm³/mol. The number of hydrogen-bond donors (Lipinski definition) is 0. The summed E-state index contributed by atoms with van der Waals surface area (Å²) in [5.41, 5.74) is 2.54. The van der Waals surface area contributed by atoms with Gasteiger partial charge >= 0.3 is 5.97 Å².